The zero-order valence-corrected chi connectivity index (χ0v) is 11.6. The SMILES string of the molecule is CC(C)C[C@@H](NC(=O)CCC(F)(F)F)c1cccnc1. The summed E-state index contributed by atoms with van der Waals surface area (Å²) in [7, 11) is 0. The fourth-order valence-corrected chi connectivity index (χ4v) is 1.85. The number of halogens is 3. The molecule has 0 aliphatic rings. The molecule has 1 aromatic rings. The lowest BCUT2D eigenvalue weighted by atomic mass is 9.98. The van der Waals surface area contributed by atoms with Gasteiger partial charge in [0.25, 0.3) is 0 Å². The molecule has 1 N–H and O–H groups in total. The van der Waals surface area contributed by atoms with Gasteiger partial charge in [-0.05, 0) is 24.0 Å². The predicted octanol–water partition coefficient (Wildman–Crippen LogP) is 3.63. The smallest absolute Gasteiger partial charge is 0.349 e. The van der Waals surface area contributed by atoms with Crippen molar-refractivity contribution in [3.63, 3.8) is 0 Å². The van der Waals surface area contributed by atoms with Gasteiger partial charge in [0.2, 0.25) is 5.91 Å². The molecule has 1 atom stereocenters. The lowest BCUT2D eigenvalue weighted by Crippen LogP contribution is -2.30. The van der Waals surface area contributed by atoms with Gasteiger partial charge in [-0.1, -0.05) is 19.9 Å². The van der Waals surface area contributed by atoms with E-state index in [1.165, 1.54) is 0 Å². The van der Waals surface area contributed by atoms with Crippen LogP contribution in [0.4, 0.5) is 13.2 Å². The Morgan fingerprint density at radius 3 is 2.60 bits per heavy atom. The number of carbonyl (C=O) groups is 1. The Morgan fingerprint density at radius 1 is 1.40 bits per heavy atom. The molecule has 0 aliphatic heterocycles. The Balaban J connectivity index is 2.64. The third-order valence-corrected chi connectivity index (χ3v) is 2.76. The summed E-state index contributed by atoms with van der Waals surface area (Å²) in [5.41, 5.74) is 0.807. The minimum absolute atomic E-state index is 0.301. The Morgan fingerprint density at radius 2 is 2.10 bits per heavy atom. The highest BCUT2D eigenvalue weighted by atomic mass is 19.4. The van der Waals surface area contributed by atoms with Crippen molar-refractivity contribution in [2.75, 3.05) is 0 Å². The van der Waals surface area contributed by atoms with Crippen LogP contribution in [0.1, 0.15) is 44.7 Å². The fourth-order valence-electron chi connectivity index (χ4n) is 1.85. The molecule has 3 nitrogen and oxygen atoms in total. The van der Waals surface area contributed by atoms with Crippen LogP contribution in [0.15, 0.2) is 24.5 Å². The Bertz CT molecular complexity index is 418. The number of nitrogens with one attached hydrogen (secondary N) is 1. The molecule has 0 unspecified atom stereocenters. The molecule has 1 amide bonds. The van der Waals surface area contributed by atoms with Gasteiger partial charge in [-0.3, -0.25) is 9.78 Å². The maximum absolute atomic E-state index is 12.1. The molecule has 1 aromatic heterocycles. The van der Waals surface area contributed by atoms with Gasteiger partial charge in [0.05, 0.1) is 12.5 Å². The Hall–Kier alpha value is -1.59. The zero-order valence-electron chi connectivity index (χ0n) is 11.6. The molecule has 0 aliphatic carbocycles. The van der Waals surface area contributed by atoms with Crippen LogP contribution in [0, 0.1) is 5.92 Å². The molecule has 6 heteroatoms. The van der Waals surface area contributed by atoms with Crippen molar-refractivity contribution in [3.05, 3.63) is 30.1 Å². The summed E-state index contributed by atoms with van der Waals surface area (Å²) in [5, 5.41) is 2.66. The average Bonchev–Trinajstić information content (AvgIpc) is 2.35. The van der Waals surface area contributed by atoms with Gasteiger partial charge < -0.3 is 5.32 Å². The summed E-state index contributed by atoms with van der Waals surface area (Å²) in [4.78, 5) is 15.6. The fraction of sp³-hybridized carbons (Fsp3) is 0.571. The van der Waals surface area contributed by atoms with E-state index in [0.29, 0.717) is 12.3 Å². The highest BCUT2D eigenvalue weighted by Gasteiger charge is 2.28. The highest BCUT2D eigenvalue weighted by Crippen LogP contribution is 2.23. The van der Waals surface area contributed by atoms with Crippen LogP contribution in [-0.2, 0) is 4.79 Å². The maximum Gasteiger partial charge on any atom is 0.389 e. The van der Waals surface area contributed by atoms with Crippen LogP contribution in [0.2, 0.25) is 0 Å². The molecule has 0 spiro atoms. The van der Waals surface area contributed by atoms with Gasteiger partial charge in [-0.2, -0.15) is 13.2 Å². The average molecular weight is 288 g/mol. The van der Waals surface area contributed by atoms with Crippen molar-refractivity contribution in [2.45, 2.75) is 45.3 Å². The van der Waals surface area contributed by atoms with Gasteiger partial charge in [-0.25, -0.2) is 0 Å². The first-order valence-electron chi connectivity index (χ1n) is 6.54. The molecule has 112 valence electrons. The van der Waals surface area contributed by atoms with Crippen molar-refractivity contribution in [1.29, 1.82) is 0 Å². The van der Waals surface area contributed by atoms with Gasteiger partial charge in [0, 0.05) is 18.8 Å². The van der Waals surface area contributed by atoms with E-state index in [1.807, 2.05) is 19.9 Å². The molecule has 0 saturated carbocycles. The molecular weight excluding hydrogens is 269 g/mol. The first kappa shape index (κ1) is 16.5. The molecule has 1 heterocycles. The van der Waals surface area contributed by atoms with E-state index < -0.39 is 24.9 Å². The molecule has 0 bridgehead atoms. The molecule has 1 rings (SSSR count). The second-order valence-electron chi connectivity index (χ2n) is 5.15. The van der Waals surface area contributed by atoms with Gasteiger partial charge in [-0.15, -0.1) is 0 Å². The maximum atomic E-state index is 12.1. The lowest BCUT2D eigenvalue weighted by molar-refractivity contribution is -0.144. The lowest BCUT2D eigenvalue weighted by Gasteiger charge is -2.21. The number of rotatable bonds is 6. The summed E-state index contributed by atoms with van der Waals surface area (Å²) in [6.45, 7) is 3.98. The number of hydrogen-bond donors (Lipinski definition) is 1. The summed E-state index contributed by atoms with van der Waals surface area (Å²) in [6.07, 6.45) is -2.06. The van der Waals surface area contributed by atoms with E-state index in [-0.39, 0.29) is 6.04 Å². The molecule has 0 aromatic carbocycles. The Labute approximate surface area is 116 Å². The minimum atomic E-state index is -4.31. The summed E-state index contributed by atoms with van der Waals surface area (Å²) in [6, 6.07) is 3.25. The number of alkyl halides is 3. The van der Waals surface area contributed by atoms with Crippen molar-refractivity contribution in [1.82, 2.24) is 10.3 Å². The molecule has 20 heavy (non-hydrogen) atoms. The van der Waals surface area contributed by atoms with Gasteiger partial charge in [0.15, 0.2) is 0 Å². The topological polar surface area (TPSA) is 42.0 Å². The summed E-state index contributed by atoms with van der Waals surface area (Å²) >= 11 is 0. The quantitative estimate of drug-likeness (QED) is 0.868. The first-order valence-corrected chi connectivity index (χ1v) is 6.54. The van der Waals surface area contributed by atoms with Crippen LogP contribution in [-0.4, -0.2) is 17.1 Å². The zero-order chi connectivity index (χ0) is 15.2. The van der Waals surface area contributed by atoms with E-state index in [2.05, 4.69) is 10.3 Å². The van der Waals surface area contributed by atoms with Crippen LogP contribution >= 0.6 is 0 Å². The van der Waals surface area contributed by atoms with Crippen LogP contribution in [0.5, 0.6) is 0 Å². The van der Waals surface area contributed by atoms with Crippen molar-refractivity contribution < 1.29 is 18.0 Å². The first-order chi connectivity index (χ1) is 9.28. The Kier molecular flexibility index (Phi) is 5.98. The van der Waals surface area contributed by atoms with Gasteiger partial charge >= 0.3 is 6.18 Å². The molecular formula is C14H19F3N2O. The van der Waals surface area contributed by atoms with Crippen molar-refractivity contribution in [2.24, 2.45) is 5.92 Å². The molecule has 0 radical (unpaired) electrons. The van der Waals surface area contributed by atoms with E-state index in [0.717, 1.165) is 5.56 Å². The van der Waals surface area contributed by atoms with Crippen molar-refractivity contribution in [3.8, 4) is 0 Å². The number of aromatic nitrogens is 1. The van der Waals surface area contributed by atoms with E-state index in [4.69, 9.17) is 0 Å². The van der Waals surface area contributed by atoms with Gasteiger partial charge in [0.1, 0.15) is 0 Å². The normalized spacial score (nSPS) is 13.3. The number of amides is 1. The van der Waals surface area contributed by atoms with Crippen molar-refractivity contribution >= 4 is 5.91 Å². The number of carbonyl (C=O) groups excluding carboxylic acids is 1. The standard InChI is InChI=1S/C14H19F3N2O/c1-10(2)8-12(11-4-3-7-18-9-11)19-13(20)5-6-14(15,16)17/h3-4,7,9-10,12H,5-6,8H2,1-2H3,(H,19,20)/t12-/m1/s1. The molecule has 0 fully saturated rings. The van der Waals surface area contributed by atoms with Crippen LogP contribution in [0.3, 0.4) is 0 Å². The summed E-state index contributed by atoms with van der Waals surface area (Å²) in [5.74, 6) is -0.278. The molecule has 0 saturated heterocycles. The largest absolute Gasteiger partial charge is 0.389 e. The van der Waals surface area contributed by atoms with E-state index in [1.54, 1.807) is 18.5 Å². The number of pyridine rings is 1. The monoisotopic (exact) mass is 288 g/mol. The second-order valence-corrected chi connectivity index (χ2v) is 5.15. The number of nitrogens with zero attached hydrogens (tertiary/aromatic N) is 1. The van der Waals surface area contributed by atoms with Crippen LogP contribution in [0.25, 0.3) is 0 Å². The number of hydrogen-bond acceptors (Lipinski definition) is 2. The van der Waals surface area contributed by atoms with Crippen LogP contribution < -0.4 is 5.32 Å². The third kappa shape index (κ3) is 6.54. The predicted molar refractivity (Wildman–Crippen MR) is 69.9 cm³/mol. The van der Waals surface area contributed by atoms with E-state index >= 15 is 0 Å². The second kappa shape index (κ2) is 7.26. The third-order valence-electron chi connectivity index (χ3n) is 2.76. The van der Waals surface area contributed by atoms with E-state index in [9.17, 15) is 18.0 Å². The minimum Gasteiger partial charge on any atom is -0.349 e. The summed E-state index contributed by atoms with van der Waals surface area (Å²) < 4.78 is 36.3. The highest BCUT2D eigenvalue weighted by molar-refractivity contribution is 5.76.